The lowest BCUT2D eigenvalue weighted by Gasteiger charge is -2.26. The number of anilines is 4. The maximum atomic E-state index is 13.9. The van der Waals surface area contributed by atoms with Gasteiger partial charge in [-0.05, 0) is 67.0 Å². The highest BCUT2D eigenvalue weighted by Crippen LogP contribution is 2.41. The third-order valence-electron chi connectivity index (χ3n) is 6.93. The molecular weight excluding hydrogens is 578 g/mol. The van der Waals surface area contributed by atoms with E-state index in [0.29, 0.717) is 19.0 Å². The van der Waals surface area contributed by atoms with Crippen LogP contribution in [0.4, 0.5) is 36.3 Å². The van der Waals surface area contributed by atoms with Crippen LogP contribution in [0.15, 0.2) is 42.6 Å². The molecule has 6 N–H and O–H groups in total. The predicted molar refractivity (Wildman–Crippen MR) is 149 cm³/mol. The first-order chi connectivity index (χ1) is 19.8. The van der Waals surface area contributed by atoms with E-state index >= 15 is 0 Å². The Morgan fingerprint density at radius 1 is 1.07 bits per heavy atom. The molecular formula is C27H31F3N5O6P. The van der Waals surface area contributed by atoms with Gasteiger partial charge in [-0.1, -0.05) is 12.1 Å². The van der Waals surface area contributed by atoms with Crippen molar-refractivity contribution in [3.8, 4) is 5.75 Å². The second kappa shape index (κ2) is 12.7. The number of amides is 1. The SMILES string of the molecule is CNC(=O)c1cc([C@H]2CC[C@H](O)CC2)ccc1Nc1nc(Nc2ccc(CP(=O)(O)O)cc2OC)ncc1C(F)(F)F. The van der Waals surface area contributed by atoms with Gasteiger partial charge in [0.25, 0.3) is 5.91 Å². The molecule has 1 fully saturated rings. The van der Waals surface area contributed by atoms with Gasteiger partial charge in [-0.2, -0.15) is 18.2 Å². The van der Waals surface area contributed by atoms with Crippen LogP contribution in [-0.2, 0) is 16.9 Å². The van der Waals surface area contributed by atoms with Crippen LogP contribution in [0.3, 0.4) is 0 Å². The molecule has 0 aliphatic heterocycles. The largest absolute Gasteiger partial charge is 0.495 e. The van der Waals surface area contributed by atoms with Gasteiger partial charge in [-0.15, -0.1) is 0 Å². The molecule has 3 aromatic rings. The van der Waals surface area contributed by atoms with E-state index in [1.165, 1.54) is 38.4 Å². The Balaban J connectivity index is 1.68. The second-order valence-electron chi connectivity index (χ2n) is 9.95. The number of aliphatic hydroxyl groups excluding tert-OH is 1. The smallest absolute Gasteiger partial charge is 0.421 e. The van der Waals surface area contributed by atoms with E-state index < -0.39 is 37.2 Å². The highest BCUT2D eigenvalue weighted by Gasteiger charge is 2.36. The van der Waals surface area contributed by atoms with Crippen molar-refractivity contribution in [3.05, 3.63) is 64.8 Å². The third-order valence-corrected chi connectivity index (χ3v) is 7.71. The molecule has 11 nitrogen and oxygen atoms in total. The van der Waals surface area contributed by atoms with Crippen molar-refractivity contribution in [1.29, 1.82) is 0 Å². The number of carbonyl (C=O) groups excluding carboxylic acids is 1. The molecule has 1 aliphatic carbocycles. The van der Waals surface area contributed by atoms with Crippen LogP contribution >= 0.6 is 7.60 Å². The Bertz CT molecular complexity index is 1490. The van der Waals surface area contributed by atoms with E-state index in [1.807, 2.05) is 0 Å². The van der Waals surface area contributed by atoms with E-state index in [0.717, 1.165) is 18.4 Å². The summed E-state index contributed by atoms with van der Waals surface area (Å²) in [7, 11) is -1.60. The average molecular weight is 610 g/mol. The maximum Gasteiger partial charge on any atom is 0.421 e. The number of rotatable bonds is 9. The standard InChI is InChI=1S/C27H31F3N5O6P/c1-31-25(37)19-12-17(16-4-7-18(36)8-5-16)6-10-21(19)33-24-20(27(28,29)30)13-32-26(35-24)34-22-9-3-15(11-23(22)41-2)14-42(38,39)40/h3,6,9-13,16,18,36H,4-5,7-8,14H2,1-2H3,(H,31,37)(H2,38,39,40)(H2,32,33,34,35)/t16-,18-. The van der Waals surface area contributed by atoms with Gasteiger partial charge in [-0.3, -0.25) is 9.36 Å². The number of aromatic nitrogens is 2. The minimum atomic E-state index is -4.82. The molecule has 0 unspecified atom stereocenters. The second-order valence-corrected chi connectivity index (χ2v) is 11.6. The summed E-state index contributed by atoms with van der Waals surface area (Å²) >= 11 is 0. The predicted octanol–water partition coefficient (Wildman–Crippen LogP) is 5.05. The normalized spacial score (nSPS) is 17.4. The summed E-state index contributed by atoms with van der Waals surface area (Å²) in [4.78, 5) is 39.1. The molecule has 42 heavy (non-hydrogen) atoms. The summed E-state index contributed by atoms with van der Waals surface area (Å²) in [5.41, 5.74) is 0.446. The van der Waals surface area contributed by atoms with Gasteiger partial charge >= 0.3 is 13.8 Å². The van der Waals surface area contributed by atoms with Gasteiger partial charge in [0, 0.05) is 13.2 Å². The van der Waals surface area contributed by atoms with Crippen LogP contribution in [0.25, 0.3) is 0 Å². The summed E-state index contributed by atoms with van der Waals surface area (Å²) in [6.45, 7) is 0. The van der Waals surface area contributed by atoms with Crippen LogP contribution in [0, 0.1) is 0 Å². The Hall–Kier alpha value is -3.71. The minimum absolute atomic E-state index is 0.100. The van der Waals surface area contributed by atoms with Gasteiger partial charge < -0.3 is 35.6 Å². The molecule has 0 spiro atoms. The van der Waals surface area contributed by atoms with Crippen LogP contribution in [0.1, 0.15) is 58.6 Å². The molecule has 1 heterocycles. The molecule has 1 amide bonds. The third kappa shape index (κ3) is 7.77. The van der Waals surface area contributed by atoms with Crippen molar-refractivity contribution in [2.45, 2.75) is 50.0 Å². The molecule has 4 rings (SSSR count). The molecule has 226 valence electrons. The first kappa shape index (κ1) is 31.2. The highest BCUT2D eigenvalue weighted by atomic mass is 31.2. The zero-order chi connectivity index (χ0) is 30.7. The van der Waals surface area contributed by atoms with Gasteiger partial charge in [0.05, 0.1) is 36.3 Å². The lowest BCUT2D eigenvalue weighted by atomic mass is 9.82. The Morgan fingerprint density at radius 3 is 2.38 bits per heavy atom. The van der Waals surface area contributed by atoms with Crippen molar-refractivity contribution in [1.82, 2.24) is 15.3 Å². The summed E-state index contributed by atoms with van der Waals surface area (Å²) in [5.74, 6) is -1.07. The summed E-state index contributed by atoms with van der Waals surface area (Å²) in [5, 5.41) is 17.8. The lowest BCUT2D eigenvalue weighted by molar-refractivity contribution is -0.137. The summed E-state index contributed by atoms with van der Waals surface area (Å²) < 4.78 is 58.5. The Kier molecular flexibility index (Phi) is 9.41. The molecule has 1 aromatic heterocycles. The van der Waals surface area contributed by atoms with Gasteiger partial charge in [-0.25, -0.2) is 4.98 Å². The molecule has 1 aliphatic rings. The quantitative estimate of drug-likeness (QED) is 0.181. The number of carbonyl (C=O) groups is 1. The van der Waals surface area contributed by atoms with Gasteiger partial charge in [0.15, 0.2) is 0 Å². The van der Waals surface area contributed by atoms with Crippen LogP contribution in [-0.4, -0.2) is 51.0 Å². The summed E-state index contributed by atoms with van der Waals surface area (Å²) in [6.07, 6.45) is -2.39. The number of hydrogen-bond acceptors (Lipinski definition) is 8. The van der Waals surface area contributed by atoms with Crippen molar-refractivity contribution in [2.75, 3.05) is 24.8 Å². The van der Waals surface area contributed by atoms with Crippen molar-refractivity contribution in [3.63, 3.8) is 0 Å². The van der Waals surface area contributed by atoms with E-state index in [4.69, 9.17) is 4.74 Å². The van der Waals surface area contributed by atoms with Crippen molar-refractivity contribution < 1.29 is 42.2 Å². The van der Waals surface area contributed by atoms with Crippen LogP contribution in [0.2, 0.25) is 0 Å². The number of alkyl halides is 3. The zero-order valence-electron chi connectivity index (χ0n) is 22.8. The number of halogens is 3. The van der Waals surface area contributed by atoms with E-state index in [2.05, 4.69) is 25.9 Å². The zero-order valence-corrected chi connectivity index (χ0v) is 23.7. The number of methoxy groups -OCH3 is 1. The number of nitrogens with zero attached hydrogens (tertiary/aromatic N) is 2. The fraction of sp³-hybridized carbons (Fsp3) is 0.370. The van der Waals surface area contributed by atoms with Crippen molar-refractivity contribution in [2.24, 2.45) is 0 Å². The number of nitrogens with one attached hydrogen (secondary N) is 3. The van der Waals surface area contributed by atoms with E-state index in [9.17, 15) is 37.4 Å². The van der Waals surface area contributed by atoms with Crippen molar-refractivity contribution >= 4 is 36.6 Å². The number of aliphatic hydroxyl groups is 1. The first-order valence-corrected chi connectivity index (χ1v) is 14.8. The Morgan fingerprint density at radius 2 is 1.76 bits per heavy atom. The molecule has 1 saturated carbocycles. The maximum absolute atomic E-state index is 13.9. The minimum Gasteiger partial charge on any atom is -0.495 e. The molecule has 0 radical (unpaired) electrons. The molecule has 15 heteroatoms. The van der Waals surface area contributed by atoms with Crippen LogP contribution in [0.5, 0.6) is 5.75 Å². The highest BCUT2D eigenvalue weighted by molar-refractivity contribution is 7.50. The topological polar surface area (TPSA) is 166 Å². The summed E-state index contributed by atoms with van der Waals surface area (Å²) in [6, 6.07) is 9.16. The molecule has 0 atom stereocenters. The number of hydrogen-bond donors (Lipinski definition) is 6. The fourth-order valence-electron chi connectivity index (χ4n) is 4.82. The number of benzene rings is 2. The first-order valence-electron chi connectivity index (χ1n) is 13.0. The monoisotopic (exact) mass is 609 g/mol. The van der Waals surface area contributed by atoms with Crippen LogP contribution < -0.4 is 20.7 Å². The lowest BCUT2D eigenvalue weighted by Crippen LogP contribution is -2.21. The molecule has 2 aromatic carbocycles. The van der Waals surface area contributed by atoms with E-state index in [-0.39, 0.29) is 46.2 Å². The molecule has 0 saturated heterocycles. The van der Waals surface area contributed by atoms with Gasteiger partial charge in [0.2, 0.25) is 5.95 Å². The molecule has 0 bridgehead atoms. The van der Waals surface area contributed by atoms with Gasteiger partial charge in [0.1, 0.15) is 17.1 Å². The fourth-order valence-corrected chi connectivity index (χ4v) is 5.50. The Labute approximate surface area is 239 Å². The number of ether oxygens (including phenoxy) is 1. The van der Waals surface area contributed by atoms with E-state index in [1.54, 1.807) is 12.1 Å². The average Bonchev–Trinajstić information content (AvgIpc) is 2.92.